The number of fused-ring (bicyclic) bond motifs is 1. The van der Waals surface area contributed by atoms with Gasteiger partial charge >= 0.3 is 12.2 Å². The molecule has 2 heterocycles. The summed E-state index contributed by atoms with van der Waals surface area (Å²) in [6, 6.07) is 3.14. The van der Waals surface area contributed by atoms with Crippen LogP contribution in [0.15, 0.2) is 30.5 Å². The number of aromatic nitrogens is 3. The Morgan fingerprint density at radius 3 is 2.64 bits per heavy atom. The quantitative estimate of drug-likeness (QED) is 0.657. The van der Waals surface area contributed by atoms with E-state index in [0.717, 1.165) is 17.0 Å². The number of anilines is 2. The van der Waals surface area contributed by atoms with Crippen LogP contribution in [0.5, 0.6) is 0 Å². The summed E-state index contributed by atoms with van der Waals surface area (Å²) in [4.78, 5) is 28.8. The van der Waals surface area contributed by atoms with Crippen molar-refractivity contribution in [3.05, 3.63) is 46.7 Å². The van der Waals surface area contributed by atoms with Gasteiger partial charge in [-0.1, -0.05) is 11.6 Å². The van der Waals surface area contributed by atoms with E-state index >= 15 is 0 Å². The minimum absolute atomic E-state index is 0.0712. The molecule has 0 fully saturated rings. The number of benzene rings is 1. The summed E-state index contributed by atoms with van der Waals surface area (Å²) in [5.74, 6) is 0. The average Bonchev–Trinajstić information content (AvgIpc) is 2.90. The molecule has 3 aromatic rings. The first kappa shape index (κ1) is 19.6. The van der Waals surface area contributed by atoms with Gasteiger partial charge in [0.15, 0.2) is 5.65 Å². The Bertz CT molecular complexity index is 1080. The number of halogens is 4. The van der Waals surface area contributed by atoms with Gasteiger partial charge in [0.05, 0.1) is 33.9 Å². The van der Waals surface area contributed by atoms with E-state index in [1.807, 2.05) is 0 Å². The van der Waals surface area contributed by atoms with Crippen molar-refractivity contribution in [1.29, 1.82) is 0 Å². The van der Waals surface area contributed by atoms with Gasteiger partial charge in [0.1, 0.15) is 0 Å². The molecule has 28 heavy (non-hydrogen) atoms. The molecule has 0 atom stereocenters. The summed E-state index contributed by atoms with van der Waals surface area (Å²) in [6.07, 6.45) is -2.99. The molecular formula is C17H13ClF3N5O2. The van der Waals surface area contributed by atoms with Gasteiger partial charge in [-0.3, -0.25) is 9.48 Å². The standard InChI is InChI=1S/C17H13ClF3N5O2/c1-9-12-6-11(7-22-15(12)25(2)24-9)26(8-27)16(28)23-14-4-3-10(5-13(14)18)17(19,20)21/h3-8H,1-2H3,(H,23,28). The van der Waals surface area contributed by atoms with Crippen LogP contribution in [0.3, 0.4) is 0 Å². The number of nitrogens with one attached hydrogen (secondary N) is 1. The molecule has 1 aromatic carbocycles. The van der Waals surface area contributed by atoms with Gasteiger partial charge in [-0.25, -0.2) is 14.7 Å². The van der Waals surface area contributed by atoms with Crippen LogP contribution in [-0.2, 0) is 18.0 Å². The number of nitrogens with zero attached hydrogens (tertiary/aromatic N) is 4. The summed E-state index contributed by atoms with van der Waals surface area (Å²) in [5.41, 5.74) is 0.365. The highest BCUT2D eigenvalue weighted by Gasteiger charge is 2.31. The average molecular weight is 412 g/mol. The lowest BCUT2D eigenvalue weighted by atomic mass is 10.2. The highest BCUT2D eigenvalue weighted by atomic mass is 35.5. The van der Waals surface area contributed by atoms with E-state index in [9.17, 15) is 22.8 Å². The molecule has 0 aliphatic carbocycles. The molecule has 146 valence electrons. The lowest BCUT2D eigenvalue weighted by Gasteiger charge is -2.17. The smallest absolute Gasteiger partial charge is 0.306 e. The Kier molecular flexibility index (Phi) is 4.99. The van der Waals surface area contributed by atoms with Gasteiger partial charge in [0.2, 0.25) is 6.41 Å². The van der Waals surface area contributed by atoms with Crippen LogP contribution in [0.25, 0.3) is 11.0 Å². The predicted octanol–water partition coefficient (Wildman–Crippen LogP) is 4.14. The van der Waals surface area contributed by atoms with Crippen molar-refractivity contribution in [3.63, 3.8) is 0 Å². The number of carbonyl (C=O) groups is 2. The number of hydrogen-bond donors (Lipinski definition) is 1. The fourth-order valence-electron chi connectivity index (χ4n) is 2.62. The highest BCUT2D eigenvalue weighted by Crippen LogP contribution is 2.34. The number of imide groups is 1. The Morgan fingerprint density at radius 2 is 2.04 bits per heavy atom. The minimum Gasteiger partial charge on any atom is -0.306 e. The third-order valence-electron chi connectivity index (χ3n) is 3.99. The summed E-state index contributed by atoms with van der Waals surface area (Å²) in [7, 11) is 1.71. The van der Waals surface area contributed by atoms with Crippen LogP contribution in [0.2, 0.25) is 5.02 Å². The van der Waals surface area contributed by atoms with Crippen LogP contribution in [-0.4, -0.2) is 27.2 Å². The summed E-state index contributed by atoms with van der Waals surface area (Å²) >= 11 is 5.83. The van der Waals surface area contributed by atoms with Crippen LogP contribution in [0, 0.1) is 6.92 Å². The Balaban J connectivity index is 1.88. The molecule has 11 heteroatoms. The van der Waals surface area contributed by atoms with Gasteiger partial charge in [-0.15, -0.1) is 0 Å². The van der Waals surface area contributed by atoms with Crippen LogP contribution >= 0.6 is 11.6 Å². The zero-order valence-corrected chi connectivity index (χ0v) is 15.3. The largest absolute Gasteiger partial charge is 0.416 e. The molecule has 3 rings (SSSR count). The zero-order valence-electron chi connectivity index (χ0n) is 14.6. The van der Waals surface area contributed by atoms with Crippen molar-refractivity contribution in [3.8, 4) is 0 Å². The van der Waals surface area contributed by atoms with E-state index < -0.39 is 17.8 Å². The lowest BCUT2D eigenvalue weighted by Crippen LogP contribution is -2.34. The molecular weight excluding hydrogens is 399 g/mol. The van der Waals surface area contributed by atoms with E-state index in [2.05, 4.69) is 15.4 Å². The van der Waals surface area contributed by atoms with Gasteiger partial charge in [-0.2, -0.15) is 18.3 Å². The molecule has 0 bridgehead atoms. The van der Waals surface area contributed by atoms with E-state index in [-0.39, 0.29) is 22.8 Å². The highest BCUT2D eigenvalue weighted by molar-refractivity contribution is 6.34. The molecule has 0 spiro atoms. The Morgan fingerprint density at radius 1 is 1.32 bits per heavy atom. The lowest BCUT2D eigenvalue weighted by molar-refractivity contribution is -0.137. The number of alkyl halides is 3. The molecule has 0 saturated heterocycles. The molecule has 0 aliphatic rings. The van der Waals surface area contributed by atoms with Crippen LogP contribution < -0.4 is 10.2 Å². The third-order valence-corrected chi connectivity index (χ3v) is 4.30. The SMILES string of the molecule is Cc1nn(C)c2ncc(N(C=O)C(=O)Nc3ccc(C(F)(F)F)cc3Cl)cc12. The second-order valence-corrected chi connectivity index (χ2v) is 6.28. The molecule has 7 nitrogen and oxygen atoms in total. The predicted molar refractivity (Wildman–Crippen MR) is 97.3 cm³/mol. The fraction of sp³-hybridized carbons (Fsp3) is 0.176. The number of carbonyl (C=O) groups excluding carboxylic acids is 2. The first-order valence-corrected chi connectivity index (χ1v) is 8.21. The van der Waals surface area contributed by atoms with Gasteiger partial charge in [-0.05, 0) is 31.2 Å². The number of urea groups is 1. The Labute approximate surface area is 161 Å². The maximum absolute atomic E-state index is 12.7. The molecule has 2 aromatic heterocycles. The number of pyridine rings is 1. The normalized spacial score (nSPS) is 11.5. The number of hydrogen-bond acceptors (Lipinski definition) is 4. The molecule has 0 saturated carbocycles. The van der Waals surface area contributed by atoms with Gasteiger partial charge in [0.25, 0.3) is 0 Å². The van der Waals surface area contributed by atoms with Gasteiger partial charge < -0.3 is 5.32 Å². The van der Waals surface area contributed by atoms with Crippen molar-refractivity contribution in [2.75, 3.05) is 10.2 Å². The fourth-order valence-corrected chi connectivity index (χ4v) is 2.85. The zero-order chi connectivity index (χ0) is 20.6. The molecule has 0 unspecified atom stereocenters. The van der Waals surface area contributed by atoms with E-state index in [1.165, 1.54) is 6.20 Å². The third kappa shape index (κ3) is 3.63. The van der Waals surface area contributed by atoms with Crippen LogP contribution in [0.1, 0.15) is 11.3 Å². The van der Waals surface area contributed by atoms with Crippen molar-refractivity contribution in [2.45, 2.75) is 13.1 Å². The summed E-state index contributed by atoms with van der Waals surface area (Å²) in [5, 5.41) is 6.85. The second kappa shape index (κ2) is 7.12. The Hall–Kier alpha value is -3.14. The minimum atomic E-state index is -4.57. The maximum Gasteiger partial charge on any atom is 0.416 e. The molecule has 1 N–H and O–H groups in total. The molecule has 0 aliphatic heterocycles. The number of aryl methyl sites for hydroxylation is 2. The van der Waals surface area contributed by atoms with E-state index in [0.29, 0.717) is 22.8 Å². The molecule has 0 radical (unpaired) electrons. The molecule has 3 amide bonds. The van der Waals surface area contributed by atoms with Crippen molar-refractivity contribution in [2.24, 2.45) is 7.05 Å². The van der Waals surface area contributed by atoms with Crippen molar-refractivity contribution in [1.82, 2.24) is 14.8 Å². The monoisotopic (exact) mass is 411 g/mol. The van der Waals surface area contributed by atoms with Crippen LogP contribution in [0.4, 0.5) is 29.3 Å². The van der Waals surface area contributed by atoms with E-state index in [4.69, 9.17) is 11.6 Å². The summed E-state index contributed by atoms with van der Waals surface area (Å²) in [6.45, 7) is 1.75. The number of rotatable bonds is 3. The van der Waals surface area contributed by atoms with E-state index in [1.54, 1.807) is 24.7 Å². The summed E-state index contributed by atoms with van der Waals surface area (Å²) < 4.78 is 39.7. The topological polar surface area (TPSA) is 80.1 Å². The maximum atomic E-state index is 12.7. The first-order valence-electron chi connectivity index (χ1n) is 7.83. The van der Waals surface area contributed by atoms with Crippen molar-refractivity contribution >= 4 is 46.5 Å². The number of amides is 3. The van der Waals surface area contributed by atoms with Crippen molar-refractivity contribution < 1.29 is 22.8 Å². The second-order valence-electron chi connectivity index (χ2n) is 5.87. The van der Waals surface area contributed by atoms with Gasteiger partial charge in [0, 0.05) is 12.4 Å². The first-order chi connectivity index (χ1) is 13.1.